The van der Waals surface area contributed by atoms with E-state index in [2.05, 4.69) is 29.9 Å². The number of nitriles is 1. The third kappa shape index (κ3) is 9.69. The van der Waals surface area contributed by atoms with Gasteiger partial charge in [-0.3, -0.25) is 0 Å². The molecule has 224 valence electrons. The molecule has 0 aliphatic heterocycles. The molecule has 0 N–H and O–H groups in total. The summed E-state index contributed by atoms with van der Waals surface area (Å²) in [7, 11) is 0. The Bertz CT molecular complexity index is 1250. The highest BCUT2D eigenvalue weighted by molar-refractivity contribution is 5.82. The molecule has 42 heavy (non-hydrogen) atoms. The number of carbonyl (C=O) groups is 1. The molecule has 0 aliphatic carbocycles. The maximum absolute atomic E-state index is 13.0. The van der Waals surface area contributed by atoms with Crippen molar-refractivity contribution in [1.82, 2.24) is 9.97 Å². The van der Waals surface area contributed by atoms with Crippen LogP contribution in [0.2, 0.25) is 0 Å². The van der Waals surface area contributed by atoms with Gasteiger partial charge in [-0.05, 0) is 67.6 Å². The van der Waals surface area contributed by atoms with E-state index in [0.717, 1.165) is 61.2 Å². The lowest BCUT2D eigenvalue weighted by atomic mass is 9.76. The quantitative estimate of drug-likeness (QED) is 0.0861. The van der Waals surface area contributed by atoms with E-state index < -0.39 is 11.4 Å². The normalized spacial score (nSPS) is 13.1. The summed E-state index contributed by atoms with van der Waals surface area (Å²) in [5.41, 5.74) is 1.51. The van der Waals surface area contributed by atoms with E-state index in [1.165, 1.54) is 38.5 Å². The Hall–Kier alpha value is -3.72. The van der Waals surface area contributed by atoms with E-state index in [1.807, 2.05) is 43.3 Å². The molecule has 3 rings (SSSR count). The molecule has 0 radical (unpaired) electrons. The largest absolute Gasteiger partial charge is 0.494 e. The molecule has 1 heterocycles. The van der Waals surface area contributed by atoms with Crippen LogP contribution in [0, 0.1) is 22.7 Å². The number of benzene rings is 2. The summed E-state index contributed by atoms with van der Waals surface area (Å²) in [5, 5.41) is 9.82. The number of nitrogens with zero attached hydrogens (tertiary/aromatic N) is 3. The van der Waals surface area contributed by atoms with Gasteiger partial charge in [0.05, 0.1) is 12.7 Å². The molecule has 0 bridgehead atoms. The van der Waals surface area contributed by atoms with Crippen molar-refractivity contribution in [2.45, 2.75) is 98.3 Å². The SMILES string of the molecule is CCCCCCCCOc1ccc(-c2ncc(-c3ccc(OC(=O)[C@@](C)(C#N)[C@H](C)CCCCCC)cc3)cn2)cc1. The second kappa shape index (κ2) is 17.3. The predicted molar refractivity (Wildman–Crippen MR) is 169 cm³/mol. The lowest BCUT2D eigenvalue weighted by molar-refractivity contribution is -0.144. The summed E-state index contributed by atoms with van der Waals surface area (Å²) in [6.07, 6.45) is 16.3. The molecule has 6 nitrogen and oxygen atoms in total. The number of aromatic nitrogens is 2. The maximum Gasteiger partial charge on any atom is 0.331 e. The van der Waals surface area contributed by atoms with Gasteiger partial charge >= 0.3 is 5.97 Å². The van der Waals surface area contributed by atoms with Crippen LogP contribution in [-0.2, 0) is 4.79 Å². The zero-order valence-electron chi connectivity index (χ0n) is 25.9. The minimum Gasteiger partial charge on any atom is -0.494 e. The Balaban J connectivity index is 1.53. The van der Waals surface area contributed by atoms with Gasteiger partial charge in [0.15, 0.2) is 11.2 Å². The van der Waals surface area contributed by atoms with Gasteiger partial charge in [-0.25, -0.2) is 14.8 Å². The molecular weight excluding hydrogens is 522 g/mol. The van der Waals surface area contributed by atoms with Crippen LogP contribution in [0.5, 0.6) is 11.5 Å². The van der Waals surface area contributed by atoms with Crippen molar-refractivity contribution >= 4 is 5.97 Å². The fourth-order valence-corrected chi connectivity index (χ4v) is 4.85. The van der Waals surface area contributed by atoms with Crippen LogP contribution in [-0.4, -0.2) is 22.5 Å². The first-order valence-corrected chi connectivity index (χ1v) is 15.7. The molecule has 0 spiro atoms. The third-order valence-electron chi connectivity index (χ3n) is 8.06. The minimum atomic E-state index is -1.19. The molecule has 6 heteroatoms. The molecule has 0 fully saturated rings. The van der Waals surface area contributed by atoms with Crippen molar-refractivity contribution in [3.8, 4) is 40.1 Å². The van der Waals surface area contributed by atoms with E-state index in [9.17, 15) is 10.1 Å². The average molecular weight is 570 g/mol. The third-order valence-corrected chi connectivity index (χ3v) is 8.06. The first kappa shape index (κ1) is 32.8. The van der Waals surface area contributed by atoms with Crippen LogP contribution in [0.3, 0.4) is 0 Å². The van der Waals surface area contributed by atoms with Crippen molar-refractivity contribution in [2.75, 3.05) is 6.61 Å². The number of unbranched alkanes of at least 4 members (excludes halogenated alkanes) is 8. The van der Waals surface area contributed by atoms with Crippen LogP contribution in [0.15, 0.2) is 60.9 Å². The monoisotopic (exact) mass is 569 g/mol. The molecule has 0 unspecified atom stereocenters. The molecule has 0 saturated heterocycles. The van der Waals surface area contributed by atoms with Gasteiger partial charge in [0.2, 0.25) is 0 Å². The summed E-state index contributed by atoms with van der Waals surface area (Å²) in [4.78, 5) is 22.1. The molecule has 1 aromatic heterocycles. The highest BCUT2D eigenvalue weighted by Gasteiger charge is 2.41. The smallest absolute Gasteiger partial charge is 0.331 e. The number of carbonyl (C=O) groups excluding carboxylic acids is 1. The summed E-state index contributed by atoms with van der Waals surface area (Å²) in [6, 6.07) is 17.3. The lowest BCUT2D eigenvalue weighted by Crippen LogP contribution is -2.36. The van der Waals surface area contributed by atoms with Gasteiger partial charge in [-0.1, -0.05) is 90.7 Å². The van der Waals surface area contributed by atoms with E-state index in [4.69, 9.17) is 9.47 Å². The molecule has 2 aromatic carbocycles. The van der Waals surface area contributed by atoms with Crippen LogP contribution < -0.4 is 9.47 Å². The van der Waals surface area contributed by atoms with E-state index in [1.54, 1.807) is 31.5 Å². The molecule has 0 aliphatic rings. The number of ether oxygens (including phenoxy) is 2. The van der Waals surface area contributed by atoms with E-state index >= 15 is 0 Å². The zero-order chi connectivity index (χ0) is 30.2. The fraction of sp³-hybridized carbons (Fsp3) is 0.500. The molecule has 3 aromatic rings. The Morgan fingerprint density at radius 1 is 0.786 bits per heavy atom. The van der Waals surface area contributed by atoms with E-state index in [0.29, 0.717) is 11.6 Å². The van der Waals surface area contributed by atoms with Crippen LogP contribution >= 0.6 is 0 Å². The topological polar surface area (TPSA) is 85.1 Å². The van der Waals surface area contributed by atoms with Crippen molar-refractivity contribution in [1.29, 1.82) is 5.26 Å². The molecule has 2 atom stereocenters. The number of rotatable bonds is 18. The fourth-order valence-electron chi connectivity index (χ4n) is 4.85. The highest BCUT2D eigenvalue weighted by atomic mass is 16.5. The minimum absolute atomic E-state index is 0.0874. The van der Waals surface area contributed by atoms with Crippen LogP contribution in [0.25, 0.3) is 22.5 Å². The van der Waals surface area contributed by atoms with Crippen molar-refractivity contribution in [3.63, 3.8) is 0 Å². The van der Waals surface area contributed by atoms with Crippen molar-refractivity contribution in [2.24, 2.45) is 11.3 Å². The summed E-state index contributed by atoms with van der Waals surface area (Å²) < 4.78 is 11.5. The Kier molecular flexibility index (Phi) is 13.5. The standard InChI is InChI=1S/C36H47N3O3/c1-5-7-9-11-12-14-24-41-32-20-18-30(19-21-32)34-38-25-31(26-39-34)29-16-22-33(23-17-29)42-35(40)36(4,27-37)28(3)15-13-10-8-6-2/h16-23,25-26,28H,5-15,24H2,1-4H3/t28-,36+/m1/s1. The first-order chi connectivity index (χ1) is 20.4. The van der Waals surface area contributed by atoms with Gasteiger partial charge in [0.25, 0.3) is 0 Å². The van der Waals surface area contributed by atoms with Gasteiger partial charge in [0, 0.05) is 23.5 Å². The lowest BCUT2D eigenvalue weighted by Gasteiger charge is -2.26. The summed E-state index contributed by atoms with van der Waals surface area (Å²) >= 11 is 0. The average Bonchev–Trinajstić information content (AvgIpc) is 3.03. The summed E-state index contributed by atoms with van der Waals surface area (Å²) in [5.74, 6) is 1.33. The van der Waals surface area contributed by atoms with E-state index in [-0.39, 0.29) is 5.92 Å². The molecule has 0 amide bonds. The van der Waals surface area contributed by atoms with Crippen molar-refractivity contribution < 1.29 is 14.3 Å². The van der Waals surface area contributed by atoms with Gasteiger partial charge in [-0.2, -0.15) is 5.26 Å². The highest BCUT2D eigenvalue weighted by Crippen LogP contribution is 2.33. The first-order valence-electron chi connectivity index (χ1n) is 15.7. The maximum atomic E-state index is 13.0. The molecular formula is C36H47N3O3. The van der Waals surface area contributed by atoms with Crippen LogP contribution in [0.4, 0.5) is 0 Å². The Morgan fingerprint density at radius 3 is 1.95 bits per heavy atom. The van der Waals surface area contributed by atoms with Gasteiger partial charge in [0.1, 0.15) is 11.5 Å². The Morgan fingerprint density at radius 2 is 1.33 bits per heavy atom. The predicted octanol–water partition coefficient (Wildman–Crippen LogP) is 9.59. The van der Waals surface area contributed by atoms with Crippen molar-refractivity contribution in [3.05, 3.63) is 60.9 Å². The zero-order valence-corrected chi connectivity index (χ0v) is 25.9. The second-order valence-corrected chi connectivity index (χ2v) is 11.4. The number of hydrogen-bond donors (Lipinski definition) is 0. The second-order valence-electron chi connectivity index (χ2n) is 11.4. The van der Waals surface area contributed by atoms with Gasteiger partial charge < -0.3 is 9.47 Å². The molecule has 0 saturated carbocycles. The number of hydrogen-bond acceptors (Lipinski definition) is 6. The van der Waals surface area contributed by atoms with Crippen LogP contribution in [0.1, 0.15) is 98.3 Å². The Labute approximate surface area is 252 Å². The van der Waals surface area contributed by atoms with Gasteiger partial charge in [-0.15, -0.1) is 0 Å². The number of esters is 1. The summed E-state index contributed by atoms with van der Waals surface area (Å²) in [6.45, 7) is 8.79.